The van der Waals surface area contributed by atoms with Crippen molar-refractivity contribution < 1.29 is 14.7 Å². The summed E-state index contributed by atoms with van der Waals surface area (Å²) in [5.74, 6) is -1.41. The molecule has 1 aromatic rings. The van der Waals surface area contributed by atoms with E-state index in [0.717, 1.165) is 11.3 Å². The largest absolute Gasteiger partial charge is 0.481 e. The number of hydrogen-bond donors (Lipinski definition) is 2. The number of primary amides is 1. The predicted molar refractivity (Wildman–Crippen MR) is 69.8 cm³/mol. The third-order valence-electron chi connectivity index (χ3n) is 2.33. The van der Waals surface area contributed by atoms with Crippen molar-refractivity contribution in [3.05, 3.63) is 22.9 Å². The Bertz CT molecular complexity index is 488. The molecule has 0 aliphatic carbocycles. The fourth-order valence-electron chi connectivity index (χ4n) is 1.67. The van der Waals surface area contributed by atoms with Gasteiger partial charge in [0, 0.05) is 10.9 Å². The summed E-state index contributed by atoms with van der Waals surface area (Å²) in [6.07, 6.45) is 0.0114. The first-order valence-corrected chi connectivity index (χ1v) is 6.35. The Kier molecular flexibility index (Phi) is 4.72. The maximum absolute atomic E-state index is 11.4. The molecule has 0 aliphatic heterocycles. The van der Waals surface area contributed by atoms with Crippen LogP contribution in [-0.2, 0) is 4.79 Å². The van der Waals surface area contributed by atoms with E-state index in [1.807, 2.05) is 6.92 Å². The number of rotatable bonds is 5. The third kappa shape index (κ3) is 3.73. The Hall–Kier alpha value is -1.56. The van der Waals surface area contributed by atoms with E-state index in [1.54, 1.807) is 19.9 Å². The minimum absolute atomic E-state index is 0.0114. The van der Waals surface area contributed by atoms with Crippen molar-refractivity contribution in [3.8, 4) is 0 Å². The molecule has 1 unspecified atom stereocenters. The molecule has 6 heteroatoms. The maximum atomic E-state index is 11.4. The number of nitrogens with zero attached hydrogens (tertiary/aromatic N) is 1. The Morgan fingerprint density at radius 1 is 1.50 bits per heavy atom. The van der Waals surface area contributed by atoms with Gasteiger partial charge < -0.3 is 10.8 Å². The van der Waals surface area contributed by atoms with E-state index >= 15 is 0 Å². The number of hydrogen-bond acceptors (Lipinski definition) is 4. The summed E-state index contributed by atoms with van der Waals surface area (Å²) in [7, 11) is 0. The first kappa shape index (κ1) is 14.5. The lowest BCUT2D eigenvalue weighted by atomic mass is 10.1. The monoisotopic (exact) mass is 268 g/mol. The zero-order valence-corrected chi connectivity index (χ0v) is 11.4. The van der Waals surface area contributed by atoms with Gasteiger partial charge in [-0.05, 0) is 25.5 Å². The van der Waals surface area contributed by atoms with Crippen molar-refractivity contribution >= 4 is 23.6 Å². The highest BCUT2D eigenvalue weighted by Crippen LogP contribution is 2.28. The van der Waals surface area contributed by atoms with E-state index in [0.29, 0.717) is 10.6 Å². The number of thioether (sulfide) groups is 1. The summed E-state index contributed by atoms with van der Waals surface area (Å²) in [6, 6.07) is 1.78. The number of carbonyl (C=O) groups excluding carboxylic acids is 1. The quantitative estimate of drug-likeness (QED) is 0.793. The molecule has 98 valence electrons. The summed E-state index contributed by atoms with van der Waals surface area (Å²) in [5.41, 5.74) is 7.26. The minimum atomic E-state index is -0.875. The number of aryl methyl sites for hydroxylation is 2. The highest BCUT2D eigenvalue weighted by atomic mass is 32.2. The first-order chi connectivity index (χ1) is 8.31. The molecule has 1 aromatic heterocycles. The molecule has 1 amide bonds. The van der Waals surface area contributed by atoms with Gasteiger partial charge in [0.15, 0.2) is 0 Å². The lowest BCUT2D eigenvalue weighted by Crippen LogP contribution is -2.16. The number of aromatic nitrogens is 1. The summed E-state index contributed by atoms with van der Waals surface area (Å²) >= 11 is 1.26. The van der Waals surface area contributed by atoms with Crippen LogP contribution in [0.1, 0.15) is 35.0 Å². The topological polar surface area (TPSA) is 93.3 Å². The molecule has 3 N–H and O–H groups in total. The molecule has 0 fully saturated rings. The van der Waals surface area contributed by atoms with Crippen LogP contribution < -0.4 is 5.73 Å². The average Bonchev–Trinajstić information content (AvgIpc) is 2.12. The molecule has 0 saturated carbocycles. The standard InChI is InChI=1S/C12H16N2O3S/c1-6-4-7(2)14-12(10(6)11(13)17)18-8(3)5-9(15)16/h4,8H,5H2,1-3H3,(H2,13,17)(H,15,16). The van der Waals surface area contributed by atoms with Crippen LogP contribution in [0.15, 0.2) is 11.1 Å². The van der Waals surface area contributed by atoms with Crippen LogP contribution in [0.5, 0.6) is 0 Å². The molecule has 1 atom stereocenters. The third-order valence-corrected chi connectivity index (χ3v) is 3.42. The number of carbonyl (C=O) groups is 2. The Morgan fingerprint density at radius 3 is 2.61 bits per heavy atom. The molecule has 18 heavy (non-hydrogen) atoms. The van der Waals surface area contributed by atoms with Crippen LogP contribution in [0.25, 0.3) is 0 Å². The Balaban J connectivity index is 3.07. The second kappa shape index (κ2) is 5.86. The number of nitrogens with two attached hydrogens (primary N) is 1. The van der Waals surface area contributed by atoms with Gasteiger partial charge in [-0.15, -0.1) is 11.8 Å². The molecule has 1 heterocycles. The highest BCUT2D eigenvalue weighted by molar-refractivity contribution is 7.99. The molecule has 0 spiro atoms. The van der Waals surface area contributed by atoms with Crippen molar-refractivity contribution in [1.82, 2.24) is 4.98 Å². The second-order valence-corrected chi connectivity index (χ2v) is 5.58. The molecular weight excluding hydrogens is 252 g/mol. The SMILES string of the molecule is Cc1cc(C)c(C(N)=O)c(SC(C)CC(=O)O)n1. The molecular formula is C12H16N2O3S. The normalized spacial score (nSPS) is 12.2. The average molecular weight is 268 g/mol. The molecule has 1 rings (SSSR count). The van der Waals surface area contributed by atoms with E-state index < -0.39 is 11.9 Å². The summed E-state index contributed by atoms with van der Waals surface area (Å²) < 4.78 is 0. The fraction of sp³-hybridized carbons (Fsp3) is 0.417. The summed E-state index contributed by atoms with van der Waals surface area (Å²) in [4.78, 5) is 26.3. The highest BCUT2D eigenvalue weighted by Gasteiger charge is 2.18. The van der Waals surface area contributed by atoms with Gasteiger partial charge in [0.2, 0.25) is 0 Å². The molecule has 0 saturated heterocycles. The molecule has 0 aliphatic rings. The maximum Gasteiger partial charge on any atom is 0.304 e. The molecule has 0 radical (unpaired) electrons. The minimum Gasteiger partial charge on any atom is -0.481 e. The fourth-order valence-corrected chi connectivity index (χ4v) is 2.85. The van der Waals surface area contributed by atoms with E-state index in [4.69, 9.17) is 10.8 Å². The number of carboxylic acids is 1. The van der Waals surface area contributed by atoms with Crippen LogP contribution in [0, 0.1) is 13.8 Å². The van der Waals surface area contributed by atoms with Crippen LogP contribution in [0.3, 0.4) is 0 Å². The number of pyridine rings is 1. The van der Waals surface area contributed by atoms with Crippen molar-refractivity contribution in [1.29, 1.82) is 0 Å². The smallest absolute Gasteiger partial charge is 0.304 e. The van der Waals surface area contributed by atoms with Gasteiger partial charge in [0.05, 0.1) is 12.0 Å². The lowest BCUT2D eigenvalue weighted by molar-refractivity contribution is -0.136. The zero-order valence-electron chi connectivity index (χ0n) is 10.6. The van der Waals surface area contributed by atoms with Gasteiger partial charge in [-0.25, -0.2) is 4.98 Å². The molecule has 0 bridgehead atoms. The Morgan fingerprint density at radius 2 is 2.11 bits per heavy atom. The van der Waals surface area contributed by atoms with Crippen LogP contribution >= 0.6 is 11.8 Å². The van der Waals surface area contributed by atoms with Gasteiger partial charge in [-0.2, -0.15) is 0 Å². The van der Waals surface area contributed by atoms with Crippen LogP contribution in [0.4, 0.5) is 0 Å². The van der Waals surface area contributed by atoms with E-state index in [1.165, 1.54) is 11.8 Å². The van der Waals surface area contributed by atoms with Crippen molar-refractivity contribution in [2.45, 2.75) is 37.5 Å². The predicted octanol–water partition coefficient (Wildman–Crippen LogP) is 1.75. The van der Waals surface area contributed by atoms with E-state index in [2.05, 4.69) is 4.98 Å². The van der Waals surface area contributed by atoms with Crippen molar-refractivity contribution in [2.24, 2.45) is 5.73 Å². The lowest BCUT2D eigenvalue weighted by Gasteiger charge is -2.13. The van der Waals surface area contributed by atoms with E-state index in [-0.39, 0.29) is 11.7 Å². The first-order valence-electron chi connectivity index (χ1n) is 5.47. The van der Waals surface area contributed by atoms with Gasteiger partial charge in [-0.1, -0.05) is 6.92 Å². The second-order valence-electron chi connectivity index (χ2n) is 4.15. The van der Waals surface area contributed by atoms with Gasteiger partial charge in [0.1, 0.15) is 5.03 Å². The van der Waals surface area contributed by atoms with Crippen molar-refractivity contribution in [3.63, 3.8) is 0 Å². The van der Waals surface area contributed by atoms with E-state index in [9.17, 15) is 9.59 Å². The summed E-state index contributed by atoms with van der Waals surface area (Å²) in [6.45, 7) is 5.40. The summed E-state index contributed by atoms with van der Waals surface area (Å²) in [5, 5.41) is 9.06. The molecule has 0 aromatic carbocycles. The van der Waals surface area contributed by atoms with Gasteiger partial charge in [0.25, 0.3) is 5.91 Å². The van der Waals surface area contributed by atoms with Crippen LogP contribution in [0.2, 0.25) is 0 Å². The van der Waals surface area contributed by atoms with Gasteiger partial charge in [-0.3, -0.25) is 9.59 Å². The number of carboxylic acid groups (broad SMARTS) is 1. The van der Waals surface area contributed by atoms with Gasteiger partial charge >= 0.3 is 5.97 Å². The Labute approximate surface area is 110 Å². The number of aliphatic carboxylic acids is 1. The van der Waals surface area contributed by atoms with Crippen LogP contribution in [-0.4, -0.2) is 27.2 Å². The van der Waals surface area contributed by atoms with Crippen molar-refractivity contribution in [2.75, 3.05) is 0 Å². The zero-order chi connectivity index (χ0) is 13.9. The number of amides is 1. The molecule has 5 nitrogen and oxygen atoms in total.